The zero-order valence-electron chi connectivity index (χ0n) is 12.2. The first-order chi connectivity index (χ1) is 10.7. The summed E-state index contributed by atoms with van der Waals surface area (Å²) in [5.41, 5.74) is 2.93. The molecule has 2 fully saturated rings. The van der Waals surface area contributed by atoms with Crippen LogP contribution in [0.3, 0.4) is 0 Å². The lowest BCUT2D eigenvalue weighted by molar-refractivity contribution is 0.00845. The van der Waals surface area contributed by atoms with E-state index >= 15 is 0 Å². The van der Waals surface area contributed by atoms with Gasteiger partial charge in [0.2, 0.25) is 0 Å². The second-order valence-electron chi connectivity index (χ2n) is 6.06. The summed E-state index contributed by atoms with van der Waals surface area (Å²) < 4.78 is 11.2. The van der Waals surface area contributed by atoms with Crippen molar-refractivity contribution in [1.82, 2.24) is 9.88 Å². The first-order valence-electron chi connectivity index (χ1n) is 7.66. The number of aromatic nitrogens is 1. The van der Waals surface area contributed by atoms with Gasteiger partial charge in [0.25, 0.3) is 0 Å². The second-order valence-corrected chi connectivity index (χ2v) is 6.06. The lowest BCUT2D eigenvalue weighted by Gasteiger charge is -2.28. The van der Waals surface area contributed by atoms with Crippen LogP contribution in [0.1, 0.15) is 36.1 Å². The molecule has 4 rings (SSSR count). The number of nitrogens with zero attached hydrogens (tertiary/aromatic N) is 2. The summed E-state index contributed by atoms with van der Waals surface area (Å²) in [5.74, 6) is 1.41. The van der Waals surface area contributed by atoms with Gasteiger partial charge < -0.3 is 19.2 Å². The molecular formula is C16H18N2O4. The van der Waals surface area contributed by atoms with Crippen molar-refractivity contribution in [1.29, 1.82) is 0 Å². The van der Waals surface area contributed by atoms with Gasteiger partial charge >= 0.3 is 6.09 Å². The molecule has 0 atom stereocenters. The number of hydrogen-bond donors (Lipinski definition) is 1. The van der Waals surface area contributed by atoms with E-state index in [2.05, 4.69) is 17.1 Å². The Labute approximate surface area is 127 Å². The first-order valence-corrected chi connectivity index (χ1v) is 7.66. The summed E-state index contributed by atoms with van der Waals surface area (Å²) in [6.45, 7) is 2.65. The third-order valence-corrected chi connectivity index (χ3v) is 4.65. The first kappa shape index (κ1) is 13.6. The zero-order chi connectivity index (χ0) is 15.1. The number of rotatable bonds is 2. The van der Waals surface area contributed by atoms with Crippen molar-refractivity contribution < 1.29 is 19.1 Å². The molecule has 3 heterocycles. The standard InChI is InChI=1S/C16H18N2O4/c19-16(20)18-5-3-10(4-6-18)15-17-13-2-1-11(7-14(13)22-15)12-8-21-9-12/h1-2,7,10,12H,3-6,8-9H2,(H,19,20). The number of carbonyl (C=O) groups is 1. The molecule has 2 aliphatic rings. The van der Waals surface area contributed by atoms with E-state index in [-0.39, 0.29) is 5.92 Å². The molecule has 0 unspecified atom stereocenters. The van der Waals surface area contributed by atoms with Crippen LogP contribution in [-0.4, -0.2) is 47.4 Å². The van der Waals surface area contributed by atoms with Crippen LogP contribution in [0, 0.1) is 0 Å². The molecule has 0 radical (unpaired) electrons. The molecule has 22 heavy (non-hydrogen) atoms. The van der Waals surface area contributed by atoms with E-state index in [1.165, 1.54) is 10.5 Å². The SMILES string of the molecule is O=C(O)N1CCC(c2nc3ccc(C4COC4)cc3o2)CC1. The van der Waals surface area contributed by atoms with E-state index in [0.717, 1.165) is 43.0 Å². The Morgan fingerprint density at radius 1 is 1.23 bits per heavy atom. The quantitative estimate of drug-likeness (QED) is 0.923. The van der Waals surface area contributed by atoms with Gasteiger partial charge in [-0.2, -0.15) is 0 Å². The topological polar surface area (TPSA) is 75.8 Å². The summed E-state index contributed by atoms with van der Waals surface area (Å²) in [6.07, 6.45) is 0.689. The fraction of sp³-hybridized carbons (Fsp3) is 0.500. The third kappa shape index (κ3) is 2.33. The van der Waals surface area contributed by atoms with Crippen LogP contribution in [0.2, 0.25) is 0 Å². The molecule has 1 N–H and O–H groups in total. The molecule has 0 bridgehead atoms. The fourth-order valence-corrected chi connectivity index (χ4v) is 3.13. The van der Waals surface area contributed by atoms with Crippen LogP contribution in [0.5, 0.6) is 0 Å². The molecule has 6 nitrogen and oxygen atoms in total. The van der Waals surface area contributed by atoms with Crippen LogP contribution < -0.4 is 0 Å². The molecular weight excluding hydrogens is 284 g/mol. The number of benzene rings is 1. The Balaban J connectivity index is 1.54. The van der Waals surface area contributed by atoms with Crippen molar-refractivity contribution in [2.45, 2.75) is 24.7 Å². The van der Waals surface area contributed by atoms with Crippen molar-refractivity contribution in [2.75, 3.05) is 26.3 Å². The highest BCUT2D eigenvalue weighted by atomic mass is 16.5. The number of piperidine rings is 1. The summed E-state index contributed by atoms with van der Waals surface area (Å²) in [7, 11) is 0. The van der Waals surface area contributed by atoms with Crippen molar-refractivity contribution in [2.24, 2.45) is 0 Å². The van der Waals surface area contributed by atoms with Crippen molar-refractivity contribution in [3.05, 3.63) is 29.7 Å². The molecule has 1 aromatic heterocycles. The number of hydrogen-bond acceptors (Lipinski definition) is 4. The average molecular weight is 302 g/mol. The van der Waals surface area contributed by atoms with Gasteiger partial charge in [0.1, 0.15) is 5.52 Å². The summed E-state index contributed by atoms with van der Waals surface area (Å²) in [6, 6.07) is 6.16. The van der Waals surface area contributed by atoms with E-state index in [1.54, 1.807) is 0 Å². The molecule has 116 valence electrons. The average Bonchev–Trinajstić information content (AvgIpc) is 2.89. The maximum absolute atomic E-state index is 11.0. The van der Waals surface area contributed by atoms with Gasteiger partial charge in [-0.15, -0.1) is 0 Å². The summed E-state index contributed by atoms with van der Waals surface area (Å²) in [5, 5.41) is 9.00. The van der Waals surface area contributed by atoms with E-state index in [9.17, 15) is 4.79 Å². The minimum absolute atomic E-state index is 0.207. The smallest absolute Gasteiger partial charge is 0.407 e. The molecule has 2 aromatic rings. The molecule has 1 amide bonds. The minimum Gasteiger partial charge on any atom is -0.465 e. The number of oxazole rings is 1. The maximum Gasteiger partial charge on any atom is 0.407 e. The molecule has 6 heteroatoms. The van der Waals surface area contributed by atoms with E-state index in [4.69, 9.17) is 14.3 Å². The number of likely N-dealkylation sites (tertiary alicyclic amines) is 1. The van der Waals surface area contributed by atoms with Gasteiger partial charge in [-0.05, 0) is 30.5 Å². The summed E-state index contributed by atoms with van der Waals surface area (Å²) >= 11 is 0. The van der Waals surface area contributed by atoms with Crippen LogP contribution in [0.4, 0.5) is 4.79 Å². The van der Waals surface area contributed by atoms with Crippen LogP contribution in [0.25, 0.3) is 11.1 Å². The van der Waals surface area contributed by atoms with Crippen LogP contribution in [0.15, 0.2) is 22.6 Å². The largest absolute Gasteiger partial charge is 0.465 e. The van der Waals surface area contributed by atoms with E-state index < -0.39 is 6.09 Å². The van der Waals surface area contributed by atoms with E-state index in [0.29, 0.717) is 19.0 Å². The van der Waals surface area contributed by atoms with Crippen LogP contribution in [-0.2, 0) is 4.74 Å². The van der Waals surface area contributed by atoms with Crippen molar-refractivity contribution in [3.63, 3.8) is 0 Å². The number of ether oxygens (including phenoxy) is 1. The van der Waals surface area contributed by atoms with Gasteiger partial charge in [-0.25, -0.2) is 9.78 Å². The highest BCUT2D eigenvalue weighted by molar-refractivity contribution is 5.73. The minimum atomic E-state index is -0.844. The van der Waals surface area contributed by atoms with E-state index in [1.807, 2.05) is 6.07 Å². The van der Waals surface area contributed by atoms with Crippen molar-refractivity contribution >= 4 is 17.2 Å². The fourth-order valence-electron chi connectivity index (χ4n) is 3.13. The molecule has 0 spiro atoms. The highest BCUT2D eigenvalue weighted by Gasteiger charge is 2.27. The Morgan fingerprint density at radius 2 is 2.00 bits per heavy atom. The molecule has 2 saturated heterocycles. The lowest BCUT2D eigenvalue weighted by Crippen LogP contribution is -2.36. The Kier molecular flexibility index (Phi) is 3.26. The molecule has 1 aromatic carbocycles. The number of amides is 1. The zero-order valence-corrected chi connectivity index (χ0v) is 12.2. The lowest BCUT2D eigenvalue weighted by atomic mass is 9.97. The summed E-state index contributed by atoms with van der Waals surface area (Å²) in [4.78, 5) is 17.0. The Bertz CT molecular complexity index is 699. The number of carboxylic acid groups (broad SMARTS) is 1. The third-order valence-electron chi connectivity index (χ3n) is 4.65. The molecule has 2 aliphatic heterocycles. The Morgan fingerprint density at radius 3 is 2.64 bits per heavy atom. The van der Waals surface area contributed by atoms with Gasteiger partial charge in [0.15, 0.2) is 11.5 Å². The second kappa shape index (κ2) is 5.28. The monoisotopic (exact) mass is 302 g/mol. The normalized spacial score (nSPS) is 20.3. The van der Waals surface area contributed by atoms with Crippen molar-refractivity contribution in [3.8, 4) is 0 Å². The predicted octanol–water partition coefficient (Wildman–Crippen LogP) is 2.80. The predicted molar refractivity (Wildman–Crippen MR) is 79.1 cm³/mol. The van der Waals surface area contributed by atoms with Gasteiger partial charge in [-0.1, -0.05) is 6.07 Å². The highest BCUT2D eigenvalue weighted by Crippen LogP contribution is 2.32. The number of fused-ring (bicyclic) bond motifs is 1. The Hall–Kier alpha value is -2.08. The van der Waals surface area contributed by atoms with Gasteiger partial charge in [-0.3, -0.25) is 0 Å². The molecule has 0 aliphatic carbocycles. The maximum atomic E-state index is 11.0. The van der Waals surface area contributed by atoms with Crippen LogP contribution >= 0.6 is 0 Å². The van der Waals surface area contributed by atoms with Gasteiger partial charge in [0.05, 0.1) is 13.2 Å². The van der Waals surface area contributed by atoms with Gasteiger partial charge in [0, 0.05) is 24.9 Å². The molecule has 0 saturated carbocycles.